The van der Waals surface area contributed by atoms with Crippen molar-refractivity contribution in [2.24, 2.45) is 11.1 Å². The van der Waals surface area contributed by atoms with Crippen LogP contribution >= 0.6 is 0 Å². The second kappa shape index (κ2) is 6.85. The Balaban J connectivity index is 4.88. The van der Waals surface area contributed by atoms with Gasteiger partial charge < -0.3 is 21.1 Å². The average molecular weight is 247 g/mol. The molecule has 0 aliphatic heterocycles. The lowest BCUT2D eigenvalue weighted by Crippen LogP contribution is -2.36. The molecule has 0 amide bonds. The van der Waals surface area contributed by atoms with Crippen LogP contribution in [0, 0.1) is 5.41 Å². The van der Waals surface area contributed by atoms with Crippen LogP contribution in [-0.2, 0) is 14.4 Å². The molecule has 0 saturated heterocycles. The summed E-state index contributed by atoms with van der Waals surface area (Å²) in [6.07, 6.45) is -0.464. The Labute approximate surface area is 98.2 Å². The number of hydrogen-bond acceptors (Lipinski definition) is 4. The molecule has 0 aromatic heterocycles. The summed E-state index contributed by atoms with van der Waals surface area (Å²) in [4.78, 5) is 32.4. The predicted octanol–water partition coefficient (Wildman–Crippen LogP) is 0.136. The van der Waals surface area contributed by atoms with Gasteiger partial charge in [-0.25, -0.2) is 0 Å². The van der Waals surface area contributed by atoms with Gasteiger partial charge in [-0.15, -0.1) is 0 Å². The highest BCUT2D eigenvalue weighted by atomic mass is 16.4. The Morgan fingerprint density at radius 1 is 0.941 bits per heavy atom. The number of aliphatic carboxylic acids is 3. The number of unbranched alkanes of at least 4 members (excludes halogenated alkanes) is 1. The van der Waals surface area contributed by atoms with Crippen molar-refractivity contribution in [1.29, 1.82) is 0 Å². The van der Waals surface area contributed by atoms with Crippen LogP contribution < -0.4 is 5.73 Å². The standard InChI is InChI=1S/C10H17NO6/c11-4-2-1-3-10(9(16)17,5-7(12)13)6-8(14)15/h1-6,11H2,(H,12,13)(H,14,15)(H,16,17). The van der Waals surface area contributed by atoms with Crippen LogP contribution in [0.4, 0.5) is 0 Å². The van der Waals surface area contributed by atoms with Crippen LogP contribution in [0.1, 0.15) is 32.1 Å². The number of nitrogens with two attached hydrogens (primary N) is 1. The van der Waals surface area contributed by atoms with Gasteiger partial charge in [-0.2, -0.15) is 0 Å². The Morgan fingerprint density at radius 2 is 1.41 bits per heavy atom. The summed E-state index contributed by atoms with van der Waals surface area (Å²) in [7, 11) is 0. The van der Waals surface area contributed by atoms with E-state index in [0.717, 1.165) is 0 Å². The highest BCUT2D eigenvalue weighted by molar-refractivity contribution is 5.85. The maximum atomic E-state index is 11.1. The minimum absolute atomic E-state index is 0.00185. The number of carbonyl (C=O) groups is 3. The quantitative estimate of drug-likeness (QED) is 0.425. The summed E-state index contributed by atoms with van der Waals surface area (Å²) in [5.41, 5.74) is 3.51. The smallest absolute Gasteiger partial charge is 0.310 e. The fourth-order valence-corrected chi connectivity index (χ4v) is 1.68. The molecule has 0 saturated carbocycles. The summed E-state index contributed by atoms with van der Waals surface area (Å²) < 4.78 is 0. The Kier molecular flexibility index (Phi) is 6.19. The summed E-state index contributed by atoms with van der Waals surface area (Å²) >= 11 is 0. The van der Waals surface area contributed by atoms with Crippen molar-refractivity contribution in [2.75, 3.05) is 6.54 Å². The molecule has 0 radical (unpaired) electrons. The van der Waals surface area contributed by atoms with Crippen molar-refractivity contribution < 1.29 is 29.7 Å². The van der Waals surface area contributed by atoms with Crippen molar-refractivity contribution in [3.8, 4) is 0 Å². The third-order valence-electron chi connectivity index (χ3n) is 2.54. The molecular weight excluding hydrogens is 230 g/mol. The maximum Gasteiger partial charge on any atom is 0.310 e. The van der Waals surface area contributed by atoms with Crippen LogP contribution in [0.3, 0.4) is 0 Å². The molecule has 0 atom stereocenters. The van der Waals surface area contributed by atoms with Gasteiger partial charge in [0.1, 0.15) is 0 Å². The van der Waals surface area contributed by atoms with E-state index in [9.17, 15) is 14.4 Å². The zero-order valence-corrected chi connectivity index (χ0v) is 9.39. The van der Waals surface area contributed by atoms with E-state index in [0.29, 0.717) is 19.4 Å². The van der Waals surface area contributed by atoms with Gasteiger partial charge in [-0.3, -0.25) is 14.4 Å². The molecule has 0 rings (SSSR count). The van der Waals surface area contributed by atoms with Crippen molar-refractivity contribution in [3.63, 3.8) is 0 Å². The topological polar surface area (TPSA) is 138 Å². The van der Waals surface area contributed by atoms with Gasteiger partial charge in [0.15, 0.2) is 0 Å². The molecule has 0 heterocycles. The predicted molar refractivity (Wildman–Crippen MR) is 57.5 cm³/mol. The van der Waals surface area contributed by atoms with E-state index in [1.807, 2.05) is 0 Å². The first kappa shape index (κ1) is 15.4. The molecule has 0 unspecified atom stereocenters. The van der Waals surface area contributed by atoms with Crippen molar-refractivity contribution in [1.82, 2.24) is 0 Å². The molecule has 17 heavy (non-hydrogen) atoms. The molecule has 7 heteroatoms. The summed E-state index contributed by atoms with van der Waals surface area (Å²) in [5.74, 6) is -4.03. The van der Waals surface area contributed by atoms with Crippen LogP contribution in [-0.4, -0.2) is 39.8 Å². The van der Waals surface area contributed by atoms with Crippen LogP contribution in [0.2, 0.25) is 0 Å². The molecule has 0 fully saturated rings. The van der Waals surface area contributed by atoms with Crippen molar-refractivity contribution in [2.45, 2.75) is 32.1 Å². The lowest BCUT2D eigenvalue weighted by atomic mass is 9.76. The van der Waals surface area contributed by atoms with Gasteiger partial charge >= 0.3 is 17.9 Å². The fourth-order valence-electron chi connectivity index (χ4n) is 1.68. The van der Waals surface area contributed by atoms with Gasteiger partial charge in [0, 0.05) is 0 Å². The Hall–Kier alpha value is -1.63. The van der Waals surface area contributed by atoms with Crippen LogP contribution in [0.25, 0.3) is 0 Å². The van der Waals surface area contributed by atoms with E-state index >= 15 is 0 Å². The van der Waals surface area contributed by atoms with E-state index in [1.54, 1.807) is 0 Å². The zero-order chi connectivity index (χ0) is 13.5. The molecule has 5 N–H and O–H groups in total. The van der Waals surface area contributed by atoms with E-state index < -0.39 is 36.2 Å². The lowest BCUT2D eigenvalue weighted by Gasteiger charge is -2.25. The molecular formula is C10H17NO6. The minimum Gasteiger partial charge on any atom is -0.481 e. The third kappa shape index (κ3) is 5.30. The molecule has 98 valence electrons. The number of carboxylic acid groups (broad SMARTS) is 3. The van der Waals surface area contributed by atoms with Crippen LogP contribution in [0.15, 0.2) is 0 Å². The minimum atomic E-state index is -1.74. The third-order valence-corrected chi connectivity index (χ3v) is 2.54. The van der Waals surface area contributed by atoms with Crippen molar-refractivity contribution >= 4 is 17.9 Å². The first-order chi connectivity index (χ1) is 7.84. The number of hydrogen-bond donors (Lipinski definition) is 4. The van der Waals surface area contributed by atoms with E-state index in [-0.39, 0.29) is 6.42 Å². The van der Waals surface area contributed by atoms with Gasteiger partial charge in [-0.1, -0.05) is 6.42 Å². The molecule has 0 aliphatic carbocycles. The Bertz CT molecular complexity index is 285. The molecule has 0 aromatic carbocycles. The summed E-state index contributed by atoms with van der Waals surface area (Å²) in [5, 5.41) is 26.4. The van der Waals surface area contributed by atoms with Gasteiger partial charge in [0.2, 0.25) is 0 Å². The zero-order valence-electron chi connectivity index (χ0n) is 9.39. The van der Waals surface area contributed by atoms with Gasteiger partial charge in [0.05, 0.1) is 18.3 Å². The maximum absolute atomic E-state index is 11.1. The molecule has 7 nitrogen and oxygen atoms in total. The fraction of sp³-hybridized carbons (Fsp3) is 0.700. The SMILES string of the molecule is NCCCCC(CC(=O)O)(CC(=O)O)C(=O)O. The highest BCUT2D eigenvalue weighted by Crippen LogP contribution is 2.33. The normalized spacial score (nSPS) is 11.1. The summed E-state index contributed by atoms with van der Waals surface area (Å²) in [6, 6.07) is 0. The first-order valence-corrected chi connectivity index (χ1v) is 5.21. The van der Waals surface area contributed by atoms with Crippen LogP contribution in [0.5, 0.6) is 0 Å². The second-order valence-corrected chi connectivity index (χ2v) is 3.97. The largest absolute Gasteiger partial charge is 0.481 e. The van der Waals surface area contributed by atoms with Crippen molar-refractivity contribution in [3.05, 3.63) is 0 Å². The number of carboxylic acids is 3. The Morgan fingerprint density at radius 3 is 1.71 bits per heavy atom. The van der Waals surface area contributed by atoms with E-state index in [1.165, 1.54) is 0 Å². The first-order valence-electron chi connectivity index (χ1n) is 5.21. The van der Waals surface area contributed by atoms with E-state index in [4.69, 9.17) is 21.1 Å². The molecule has 0 aromatic rings. The number of rotatable bonds is 9. The monoisotopic (exact) mass is 247 g/mol. The van der Waals surface area contributed by atoms with E-state index in [2.05, 4.69) is 0 Å². The second-order valence-electron chi connectivity index (χ2n) is 3.97. The molecule has 0 bridgehead atoms. The molecule has 0 aliphatic rings. The lowest BCUT2D eigenvalue weighted by molar-refractivity contribution is -0.161. The average Bonchev–Trinajstić information content (AvgIpc) is 2.15. The summed E-state index contributed by atoms with van der Waals surface area (Å²) in [6.45, 7) is 0.357. The molecule has 0 spiro atoms. The van der Waals surface area contributed by atoms with Gasteiger partial charge in [-0.05, 0) is 19.4 Å². The highest BCUT2D eigenvalue weighted by Gasteiger charge is 2.42. The van der Waals surface area contributed by atoms with Gasteiger partial charge in [0.25, 0.3) is 0 Å².